The van der Waals surface area contributed by atoms with Crippen LogP contribution in [0.25, 0.3) is 0 Å². The third kappa shape index (κ3) is 1.49. The Kier molecular flexibility index (Phi) is 2.60. The van der Waals surface area contributed by atoms with Crippen molar-refractivity contribution in [1.82, 2.24) is 0 Å². The van der Waals surface area contributed by atoms with Gasteiger partial charge in [-0.05, 0) is 24.7 Å². The fraction of sp³-hybridized carbons (Fsp3) is 0.667. The molecule has 0 bridgehead atoms. The molecule has 2 atom stereocenters. The fourth-order valence-corrected chi connectivity index (χ4v) is 3.34. The van der Waals surface area contributed by atoms with Gasteiger partial charge < -0.3 is 0 Å². The van der Waals surface area contributed by atoms with Crippen LogP contribution < -0.4 is 0 Å². The van der Waals surface area contributed by atoms with Crippen molar-refractivity contribution in [1.29, 1.82) is 0 Å². The third-order valence-corrected chi connectivity index (χ3v) is 4.84. The molecule has 0 aromatic rings. The van der Waals surface area contributed by atoms with Gasteiger partial charge in [0.05, 0.1) is 0 Å². The molecule has 1 saturated carbocycles. The standard InChI is InChI=1S/C15H22O/c1-11-7-9-15(10-13(11)16)12(2)6-5-8-14(15,3)4/h5,8,11H,2,6-7,9-10H2,1,3-4H3. The van der Waals surface area contributed by atoms with Gasteiger partial charge >= 0.3 is 0 Å². The maximum atomic E-state index is 12.0. The van der Waals surface area contributed by atoms with E-state index in [1.165, 1.54) is 5.57 Å². The molecule has 2 aliphatic carbocycles. The average Bonchev–Trinajstić information content (AvgIpc) is 2.19. The molecule has 1 spiro atoms. The molecule has 2 aliphatic rings. The number of hydrogen-bond donors (Lipinski definition) is 0. The van der Waals surface area contributed by atoms with Crippen molar-refractivity contribution in [3.63, 3.8) is 0 Å². The molecule has 0 saturated heterocycles. The van der Waals surface area contributed by atoms with Crippen LogP contribution in [0.3, 0.4) is 0 Å². The molecule has 0 N–H and O–H groups in total. The summed E-state index contributed by atoms with van der Waals surface area (Å²) in [6.45, 7) is 10.8. The van der Waals surface area contributed by atoms with Crippen LogP contribution >= 0.6 is 0 Å². The van der Waals surface area contributed by atoms with Gasteiger partial charge in [0.25, 0.3) is 0 Å². The van der Waals surface area contributed by atoms with Crippen molar-refractivity contribution in [3.8, 4) is 0 Å². The molecular weight excluding hydrogens is 196 g/mol. The summed E-state index contributed by atoms with van der Waals surface area (Å²) >= 11 is 0. The number of Topliss-reactive ketones (excluding diaryl/α,β-unsaturated/α-hetero) is 1. The Labute approximate surface area is 98.6 Å². The summed E-state index contributed by atoms with van der Waals surface area (Å²) in [6, 6.07) is 0. The SMILES string of the molecule is C=C1CC=CC(C)(C)C12CCC(C)C(=O)C2. The summed E-state index contributed by atoms with van der Waals surface area (Å²) in [7, 11) is 0. The summed E-state index contributed by atoms with van der Waals surface area (Å²) in [5.74, 6) is 0.677. The zero-order valence-corrected chi connectivity index (χ0v) is 10.7. The summed E-state index contributed by atoms with van der Waals surface area (Å²) in [5.41, 5.74) is 1.38. The molecule has 2 unspecified atom stereocenters. The van der Waals surface area contributed by atoms with E-state index in [9.17, 15) is 4.79 Å². The van der Waals surface area contributed by atoms with Crippen molar-refractivity contribution >= 4 is 5.78 Å². The number of carbonyl (C=O) groups excluding carboxylic acids is 1. The minimum absolute atomic E-state index is 0.0331. The molecule has 0 radical (unpaired) electrons. The quantitative estimate of drug-likeness (QED) is 0.563. The van der Waals surface area contributed by atoms with Gasteiger partial charge in [0.15, 0.2) is 0 Å². The predicted molar refractivity (Wildman–Crippen MR) is 67.1 cm³/mol. The van der Waals surface area contributed by atoms with Gasteiger partial charge in [0, 0.05) is 17.8 Å². The Hall–Kier alpha value is -0.850. The Morgan fingerprint density at radius 3 is 2.69 bits per heavy atom. The Bertz CT molecular complexity index is 362. The first-order valence-corrected chi connectivity index (χ1v) is 6.28. The molecule has 0 amide bonds. The first-order chi connectivity index (χ1) is 7.39. The molecular formula is C15H22O. The maximum absolute atomic E-state index is 12.0. The summed E-state index contributed by atoms with van der Waals surface area (Å²) < 4.78 is 0. The topological polar surface area (TPSA) is 17.1 Å². The summed E-state index contributed by atoms with van der Waals surface area (Å²) in [4.78, 5) is 12.0. The normalized spacial score (nSPS) is 38.1. The smallest absolute Gasteiger partial charge is 0.136 e. The van der Waals surface area contributed by atoms with Gasteiger partial charge in [-0.3, -0.25) is 4.79 Å². The fourth-order valence-electron chi connectivity index (χ4n) is 3.34. The summed E-state index contributed by atoms with van der Waals surface area (Å²) in [5, 5.41) is 0. The highest BCUT2D eigenvalue weighted by Crippen LogP contribution is 2.57. The first kappa shape index (κ1) is 11.6. The lowest BCUT2D eigenvalue weighted by Gasteiger charge is -2.52. The van der Waals surface area contributed by atoms with Gasteiger partial charge in [-0.2, -0.15) is 0 Å². The van der Waals surface area contributed by atoms with Crippen LogP contribution in [-0.4, -0.2) is 5.78 Å². The second kappa shape index (κ2) is 3.58. The van der Waals surface area contributed by atoms with E-state index in [2.05, 4.69) is 39.5 Å². The number of hydrogen-bond acceptors (Lipinski definition) is 1. The minimum Gasteiger partial charge on any atom is -0.299 e. The van der Waals surface area contributed by atoms with E-state index >= 15 is 0 Å². The van der Waals surface area contributed by atoms with E-state index in [4.69, 9.17) is 0 Å². The third-order valence-electron chi connectivity index (χ3n) is 4.84. The van der Waals surface area contributed by atoms with Crippen LogP contribution in [0.15, 0.2) is 24.3 Å². The van der Waals surface area contributed by atoms with Crippen LogP contribution in [0, 0.1) is 16.7 Å². The van der Waals surface area contributed by atoms with Crippen molar-refractivity contribution in [3.05, 3.63) is 24.3 Å². The van der Waals surface area contributed by atoms with E-state index in [-0.39, 0.29) is 16.7 Å². The van der Waals surface area contributed by atoms with E-state index in [0.29, 0.717) is 12.2 Å². The lowest BCUT2D eigenvalue weighted by molar-refractivity contribution is -0.129. The van der Waals surface area contributed by atoms with Crippen molar-refractivity contribution in [2.45, 2.75) is 46.5 Å². The second-order valence-electron chi connectivity index (χ2n) is 6.10. The number of allylic oxidation sites excluding steroid dienone is 3. The lowest BCUT2D eigenvalue weighted by Crippen LogP contribution is -2.45. The number of rotatable bonds is 0. The monoisotopic (exact) mass is 218 g/mol. The predicted octanol–water partition coefficient (Wildman–Crippen LogP) is 3.90. The van der Waals surface area contributed by atoms with Crippen molar-refractivity contribution < 1.29 is 4.79 Å². The molecule has 0 aromatic carbocycles. The number of ketones is 1. The van der Waals surface area contributed by atoms with Crippen LogP contribution in [0.1, 0.15) is 46.5 Å². The van der Waals surface area contributed by atoms with E-state index in [1.807, 2.05) is 0 Å². The average molecular weight is 218 g/mol. The minimum atomic E-state index is 0.0331. The second-order valence-corrected chi connectivity index (χ2v) is 6.10. The Balaban J connectivity index is 2.39. The molecule has 0 aromatic heterocycles. The lowest BCUT2D eigenvalue weighted by atomic mass is 9.52. The van der Waals surface area contributed by atoms with Crippen LogP contribution in [0.2, 0.25) is 0 Å². The maximum Gasteiger partial charge on any atom is 0.136 e. The van der Waals surface area contributed by atoms with Crippen molar-refractivity contribution in [2.75, 3.05) is 0 Å². The highest BCUT2D eigenvalue weighted by molar-refractivity contribution is 5.83. The summed E-state index contributed by atoms with van der Waals surface area (Å²) in [6.07, 6.45) is 8.28. The molecule has 2 rings (SSSR count). The van der Waals surface area contributed by atoms with Gasteiger partial charge in [0.1, 0.15) is 5.78 Å². The molecule has 0 heterocycles. The number of carbonyl (C=O) groups is 1. The highest BCUT2D eigenvalue weighted by atomic mass is 16.1. The zero-order valence-electron chi connectivity index (χ0n) is 10.7. The Morgan fingerprint density at radius 1 is 1.44 bits per heavy atom. The van der Waals surface area contributed by atoms with Gasteiger partial charge in [0.2, 0.25) is 0 Å². The molecule has 88 valence electrons. The highest BCUT2D eigenvalue weighted by Gasteiger charge is 2.50. The zero-order chi connectivity index (χ0) is 12.0. The van der Waals surface area contributed by atoms with Gasteiger partial charge in [-0.1, -0.05) is 45.1 Å². The van der Waals surface area contributed by atoms with Crippen LogP contribution in [0.5, 0.6) is 0 Å². The molecule has 16 heavy (non-hydrogen) atoms. The molecule has 0 aliphatic heterocycles. The van der Waals surface area contributed by atoms with E-state index in [1.54, 1.807) is 0 Å². The largest absolute Gasteiger partial charge is 0.299 e. The van der Waals surface area contributed by atoms with Gasteiger partial charge in [-0.15, -0.1) is 0 Å². The van der Waals surface area contributed by atoms with Crippen LogP contribution in [0.4, 0.5) is 0 Å². The van der Waals surface area contributed by atoms with E-state index in [0.717, 1.165) is 19.3 Å². The Morgan fingerprint density at radius 2 is 2.12 bits per heavy atom. The first-order valence-electron chi connectivity index (χ1n) is 6.28. The van der Waals surface area contributed by atoms with Crippen LogP contribution in [-0.2, 0) is 4.79 Å². The molecule has 1 nitrogen and oxygen atoms in total. The van der Waals surface area contributed by atoms with Crippen molar-refractivity contribution in [2.24, 2.45) is 16.7 Å². The van der Waals surface area contributed by atoms with Gasteiger partial charge in [-0.25, -0.2) is 0 Å². The molecule has 1 fully saturated rings. The molecule has 1 heteroatoms. The van der Waals surface area contributed by atoms with E-state index < -0.39 is 0 Å².